The van der Waals surface area contributed by atoms with Crippen molar-refractivity contribution in [3.63, 3.8) is 0 Å². The molecule has 9 heteroatoms. The van der Waals surface area contributed by atoms with Gasteiger partial charge in [0.15, 0.2) is 0 Å². The van der Waals surface area contributed by atoms with Crippen LogP contribution in [0.25, 0.3) is 0 Å². The highest BCUT2D eigenvalue weighted by Gasteiger charge is 2.29. The van der Waals surface area contributed by atoms with E-state index in [0.717, 1.165) is 57.8 Å². The van der Waals surface area contributed by atoms with Gasteiger partial charge in [0.1, 0.15) is 6.10 Å². The number of piperazine rings is 1. The Labute approximate surface area is 186 Å². The fraction of sp³-hybridized carbons (Fsp3) is 0.632. The summed E-state index contributed by atoms with van der Waals surface area (Å²) in [6.07, 6.45) is 1.25. The van der Waals surface area contributed by atoms with Gasteiger partial charge in [-0.05, 0) is 37.1 Å². The van der Waals surface area contributed by atoms with E-state index in [1.165, 1.54) is 5.56 Å². The summed E-state index contributed by atoms with van der Waals surface area (Å²) in [5, 5.41) is 2.95. The van der Waals surface area contributed by atoms with Crippen LogP contribution in [0.3, 0.4) is 0 Å². The second-order valence-electron chi connectivity index (χ2n) is 6.96. The van der Waals surface area contributed by atoms with Crippen LogP contribution in [0.15, 0.2) is 24.3 Å². The predicted molar refractivity (Wildman–Crippen MR) is 121 cm³/mol. The van der Waals surface area contributed by atoms with Crippen molar-refractivity contribution in [2.75, 3.05) is 44.6 Å². The summed E-state index contributed by atoms with van der Waals surface area (Å²) in [4.78, 5) is 17.2. The van der Waals surface area contributed by atoms with E-state index in [4.69, 9.17) is 10.5 Å². The van der Waals surface area contributed by atoms with Crippen molar-refractivity contribution in [1.82, 2.24) is 9.80 Å². The lowest BCUT2D eigenvalue weighted by Crippen LogP contribution is -2.45. The number of halogens is 3. The molecule has 0 bridgehead atoms. The maximum absolute atomic E-state index is 12.2. The molecule has 1 aromatic rings. The van der Waals surface area contributed by atoms with Crippen LogP contribution < -0.4 is 11.1 Å². The van der Waals surface area contributed by atoms with Crippen molar-refractivity contribution in [1.29, 1.82) is 0 Å². The Morgan fingerprint density at radius 3 is 2.21 bits per heavy atom. The number of amides is 1. The SMILES string of the molecule is CCN1CCN(Cc2ccc(NC(=O)[C@@H]3CC[C@H](CN)O3)cc2)CC1.Cl.Cl.Cl. The summed E-state index contributed by atoms with van der Waals surface area (Å²) in [6, 6.07) is 8.15. The summed E-state index contributed by atoms with van der Waals surface area (Å²) < 4.78 is 5.64. The lowest BCUT2D eigenvalue weighted by molar-refractivity contribution is -0.126. The van der Waals surface area contributed by atoms with Crippen LogP contribution in [0, 0.1) is 0 Å². The standard InChI is InChI=1S/C19H30N4O2.3ClH/c1-2-22-9-11-23(12-10-22)14-15-3-5-16(6-4-15)21-19(24)18-8-7-17(13-20)25-18;;;/h3-6,17-18H,2,7-14,20H2,1H3,(H,21,24);3*1H/t17-,18+;;;/m1.../s1. The van der Waals surface area contributed by atoms with Crippen LogP contribution in [0.5, 0.6) is 0 Å². The van der Waals surface area contributed by atoms with E-state index in [9.17, 15) is 4.79 Å². The van der Waals surface area contributed by atoms with Gasteiger partial charge in [0, 0.05) is 45.0 Å². The summed E-state index contributed by atoms with van der Waals surface area (Å²) in [6.45, 7) is 9.34. The van der Waals surface area contributed by atoms with Crippen molar-refractivity contribution >= 4 is 48.8 Å². The molecule has 0 saturated carbocycles. The molecule has 162 valence electrons. The molecule has 2 heterocycles. The van der Waals surface area contributed by atoms with Crippen LogP contribution >= 0.6 is 37.2 Å². The number of rotatable bonds is 6. The van der Waals surface area contributed by atoms with E-state index in [1.807, 2.05) is 12.1 Å². The molecule has 2 aliphatic rings. The third kappa shape index (κ3) is 7.67. The maximum Gasteiger partial charge on any atom is 0.253 e. The molecule has 1 amide bonds. The number of nitrogens with two attached hydrogens (primary N) is 1. The van der Waals surface area contributed by atoms with Gasteiger partial charge in [-0.15, -0.1) is 37.2 Å². The van der Waals surface area contributed by atoms with Crippen LogP contribution in [0.4, 0.5) is 5.69 Å². The van der Waals surface area contributed by atoms with E-state index in [0.29, 0.717) is 6.54 Å². The average Bonchev–Trinajstić information content (AvgIpc) is 3.13. The van der Waals surface area contributed by atoms with E-state index in [-0.39, 0.29) is 55.3 Å². The Morgan fingerprint density at radius 1 is 1.07 bits per heavy atom. The topological polar surface area (TPSA) is 70.8 Å². The van der Waals surface area contributed by atoms with Gasteiger partial charge in [-0.2, -0.15) is 0 Å². The van der Waals surface area contributed by atoms with Gasteiger partial charge in [-0.25, -0.2) is 0 Å². The van der Waals surface area contributed by atoms with E-state index in [2.05, 4.69) is 34.2 Å². The highest BCUT2D eigenvalue weighted by molar-refractivity contribution is 5.94. The van der Waals surface area contributed by atoms with E-state index >= 15 is 0 Å². The van der Waals surface area contributed by atoms with Gasteiger partial charge in [-0.3, -0.25) is 9.69 Å². The molecule has 2 saturated heterocycles. The second kappa shape index (κ2) is 13.6. The van der Waals surface area contributed by atoms with Gasteiger partial charge in [0.2, 0.25) is 0 Å². The largest absolute Gasteiger partial charge is 0.364 e. The number of carbonyl (C=O) groups excluding carboxylic acids is 1. The van der Waals surface area contributed by atoms with E-state index < -0.39 is 0 Å². The molecule has 0 radical (unpaired) electrons. The Kier molecular flexibility index (Phi) is 13.3. The van der Waals surface area contributed by atoms with Gasteiger partial charge in [-0.1, -0.05) is 19.1 Å². The molecule has 0 aromatic heterocycles. The zero-order valence-electron chi connectivity index (χ0n) is 16.3. The molecule has 6 nitrogen and oxygen atoms in total. The fourth-order valence-electron chi connectivity index (χ4n) is 3.51. The summed E-state index contributed by atoms with van der Waals surface area (Å²) in [5.41, 5.74) is 7.70. The molecule has 2 fully saturated rings. The molecule has 28 heavy (non-hydrogen) atoms. The first kappa shape index (κ1) is 27.4. The number of benzene rings is 1. The number of anilines is 1. The smallest absolute Gasteiger partial charge is 0.253 e. The number of hydrogen-bond acceptors (Lipinski definition) is 5. The Bertz CT molecular complexity index is 569. The molecule has 0 unspecified atom stereocenters. The highest BCUT2D eigenvalue weighted by Crippen LogP contribution is 2.21. The minimum absolute atomic E-state index is 0. The summed E-state index contributed by atoms with van der Waals surface area (Å²) in [5.74, 6) is -0.0700. The Balaban J connectivity index is 0.00000243. The lowest BCUT2D eigenvalue weighted by atomic mass is 10.1. The van der Waals surface area contributed by atoms with Crippen molar-refractivity contribution in [3.8, 4) is 0 Å². The van der Waals surface area contributed by atoms with Crippen molar-refractivity contribution in [3.05, 3.63) is 29.8 Å². The molecule has 1 aromatic carbocycles. The zero-order chi connectivity index (χ0) is 17.6. The third-order valence-electron chi connectivity index (χ3n) is 5.20. The molecular formula is C19H33Cl3N4O2. The first-order chi connectivity index (χ1) is 12.2. The number of nitrogens with zero attached hydrogens (tertiary/aromatic N) is 2. The quantitative estimate of drug-likeness (QED) is 0.690. The summed E-state index contributed by atoms with van der Waals surface area (Å²) in [7, 11) is 0. The van der Waals surface area contributed by atoms with Crippen LogP contribution in [0.1, 0.15) is 25.3 Å². The molecular weight excluding hydrogens is 423 g/mol. The van der Waals surface area contributed by atoms with Gasteiger partial charge >= 0.3 is 0 Å². The zero-order valence-corrected chi connectivity index (χ0v) is 18.8. The molecule has 0 aliphatic carbocycles. The lowest BCUT2D eigenvalue weighted by Gasteiger charge is -2.34. The normalized spacial score (nSPS) is 22.5. The number of nitrogens with one attached hydrogen (secondary N) is 1. The Hall–Kier alpha value is -0.600. The first-order valence-electron chi connectivity index (χ1n) is 9.38. The molecule has 3 rings (SSSR count). The predicted octanol–water partition coefficient (Wildman–Crippen LogP) is 2.53. The molecule has 2 atom stereocenters. The van der Waals surface area contributed by atoms with Crippen molar-refractivity contribution in [2.45, 2.75) is 38.5 Å². The number of hydrogen-bond donors (Lipinski definition) is 2. The second-order valence-corrected chi connectivity index (χ2v) is 6.96. The number of ether oxygens (including phenoxy) is 1. The molecule has 2 aliphatic heterocycles. The molecule has 3 N–H and O–H groups in total. The van der Waals surface area contributed by atoms with E-state index in [1.54, 1.807) is 0 Å². The minimum Gasteiger partial charge on any atom is -0.364 e. The monoisotopic (exact) mass is 454 g/mol. The van der Waals surface area contributed by atoms with Crippen LogP contribution in [0.2, 0.25) is 0 Å². The summed E-state index contributed by atoms with van der Waals surface area (Å²) >= 11 is 0. The molecule has 0 spiro atoms. The van der Waals surface area contributed by atoms with Crippen LogP contribution in [-0.4, -0.2) is 67.2 Å². The highest BCUT2D eigenvalue weighted by atomic mass is 35.5. The number of likely N-dealkylation sites (N-methyl/N-ethyl adjacent to an activating group) is 1. The Morgan fingerprint density at radius 2 is 1.68 bits per heavy atom. The van der Waals surface area contributed by atoms with Crippen LogP contribution in [-0.2, 0) is 16.1 Å². The van der Waals surface area contributed by atoms with Gasteiger partial charge < -0.3 is 20.7 Å². The van der Waals surface area contributed by atoms with Gasteiger partial charge in [0.05, 0.1) is 6.10 Å². The van der Waals surface area contributed by atoms with Crippen molar-refractivity contribution < 1.29 is 9.53 Å². The van der Waals surface area contributed by atoms with Crippen molar-refractivity contribution in [2.24, 2.45) is 5.73 Å². The third-order valence-corrected chi connectivity index (χ3v) is 5.20. The first-order valence-corrected chi connectivity index (χ1v) is 9.38. The average molecular weight is 456 g/mol. The number of carbonyl (C=O) groups is 1. The van der Waals surface area contributed by atoms with Gasteiger partial charge in [0.25, 0.3) is 5.91 Å². The fourth-order valence-corrected chi connectivity index (χ4v) is 3.51. The minimum atomic E-state index is -0.372. The maximum atomic E-state index is 12.2.